The zero-order valence-electron chi connectivity index (χ0n) is 17.1. The lowest BCUT2D eigenvalue weighted by Gasteiger charge is -2.30. The first-order chi connectivity index (χ1) is 14.5. The van der Waals surface area contributed by atoms with E-state index in [0.717, 1.165) is 4.68 Å². The molecule has 2 heterocycles. The van der Waals surface area contributed by atoms with Crippen molar-refractivity contribution in [2.24, 2.45) is 0 Å². The number of benzene rings is 1. The number of rotatable bonds is 4. The number of alkyl halides is 3. The van der Waals surface area contributed by atoms with Crippen LogP contribution in [0.3, 0.4) is 0 Å². The summed E-state index contributed by atoms with van der Waals surface area (Å²) >= 11 is 5.94. The standard InChI is InChI=1S/C19H21ClF3N5O3/c1-26(2)18(30)27-7-6-14-12(9-27)17(19(21,22)23)25-28(14)10-16(29)24-13-8-11(20)4-5-15(13)31-3/h4-5,8H,6-7,9-10H2,1-3H3,(H,24,29). The highest BCUT2D eigenvalue weighted by Gasteiger charge is 2.41. The van der Waals surface area contributed by atoms with Crippen LogP contribution in [0.5, 0.6) is 5.75 Å². The monoisotopic (exact) mass is 459 g/mol. The Bertz CT molecular complexity index is 1010. The van der Waals surface area contributed by atoms with Crippen LogP contribution in [0.2, 0.25) is 5.02 Å². The highest BCUT2D eigenvalue weighted by molar-refractivity contribution is 6.31. The van der Waals surface area contributed by atoms with E-state index < -0.39 is 30.4 Å². The molecule has 1 aromatic heterocycles. The third-order valence-electron chi connectivity index (χ3n) is 4.78. The van der Waals surface area contributed by atoms with Gasteiger partial charge in [0.1, 0.15) is 12.3 Å². The molecule has 0 spiro atoms. The number of amides is 3. The van der Waals surface area contributed by atoms with Crippen LogP contribution in [0.15, 0.2) is 18.2 Å². The minimum atomic E-state index is -4.72. The second-order valence-electron chi connectivity index (χ2n) is 7.17. The number of hydrogen-bond donors (Lipinski definition) is 1. The number of ether oxygens (including phenoxy) is 1. The number of nitrogens with one attached hydrogen (secondary N) is 1. The summed E-state index contributed by atoms with van der Waals surface area (Å²) in [7, 11) is 4.47. The summed E-state index contributed by atoms with van der Waals surface area (Å²) in [6.45, 7) is -0.447. The number of fused-ring (bicyclic) bond motifs is 1. The van der Waals surface area contributed by atoms with Crippen LogP contribution in [-0.4, -0.2) is 59.3 Å². The lowest BCUT2D eigenvalue weighted by molar-refractivity contribution is -0.142. The summed E-state index contributed by atoms with van der Waals surface area (Å²) in [4.78, 5) is 27.4. The van der Waals surface area contributed by atoms with E-state index >= 15 is 0 Å². The van der Waals surface area contributed by atoms with Gasteiger partial charge in [0.25, 0.3) is 0 Å². The Labute approximate surface area is 181 Å². The van der Waals surface area contributed by atoms with Crippen molar-refractivity contribution in [3.05, 3.63) is 40.2 Å². The van der Waals surface area contributed by atoms with E-state index in [9.17, 15) is 22.8 Å². The first-order valence-corrected chi connectivity index (χ1v) is 9.64. The fourth-order valence-corrected chi connectivity index (χ4v) is 3.57. The van der Waals surface area contributed by atoms with E-state index in [0.29, 0.717) is 16.5 Å². The molecule has 1 N–H and O–H groups in total. The van der Waals surface area contributed by atoms with Crippen molar-refractivity contribution < 1.29 is 27.5 Å². The van der Waals surface area contributed by atoms with Crippen molar-refractivity contribution in [3.8, 4) is 5.75 Å². The Morgan fingerprint density at radius 3 is 2.65 bits per heavy atom. The third kappa shape index (κ3) is 4.87. The summed E-state index contributed by atoms with van der Waals surface area (Å²) in [6, 6.07) is 4.22. The summed E-state index contributed by atoms with van der Waals surface area (Å²) in [5, 5.41) is 6.61. The lowest BCUT2D eigenvalue weighted by atomic mass is 10.0. The van der Waals surface area contributed by atoms with E-state index in [1.54, 1.807) is 12.1 Å². The molecule has 3 rings (SSSR count). The fraction of sp³-hybridized carbons (Fsp3) is 0.421. The second kappa shape index (κ2) is 8.66. The van der Waals surface area contributed by atoms with Crippen molar-refractivity contribution in [2.45, 2.75) is 25.7 Å². The highest BCUT2D eigenvalue weighted by Crippen LogP contribution is 2.35. The topological polar surface area (TPSA) is 79.7 Å². The van der Waals surface area contributed by atoms with E-state index in [1.165, 1.54) is 37.1 Å². The quantitative estimate of drug-likeness (QED) is 0.761. The van der Waals surface area contributed by atoms with E-state index in [4.69, 9.17) is 16.3 Å². The van der Waals surface area contributed by atoms with Crippen LogP contribution in [0.1, 0.15) is 17.0 Å². The van der Waals surface area contributed by atoms with Gasteiger partial charge in [-0.05, 0) is 18.2 Å². The molecule has 3 amide bonds. The molecule has 1 aliphatic rings. The molecule has 2 aromatic rings. The molecule has 0 radical (unpaired) electrons. The third-order valence-corrected chi connectivity index (χ3v) is 5.02. The van der Waals surface area contributed by atoms with Crippen molar-refractivity contribution in [1.29, 1.82) is 0 Å². The lowest BCUT2D eigenvalue weighted by Crippen LogP contribution is -2.42. The van der Waals surface area contributed by atoms with Crippen LogP contribution in [-0.2, 0) is 30.5 Å². The first-order valence-electron chi connectivity index (χ1n) is 9.26. The number of urea groups is 1. The number of anilines is 1. The average Bonchev–Trinajstić information content (AvgIpc) is 3.05. The molecule has 0 saturated heterocycles. The second-order valence-corrected chi connectivity index (χ2v) is 7.61. The van der Waals surface area contributed by atoms with Crippen LogP contribution in [0, 0.1) is 0 Å². The van der Waals surface area contributed by atoms with Gasteiger partial charge in [0, 0.05) is 43.3 Å². The molecule has 8 nitrogen and oxygen atoms in total. The van der Waals surface area contributed by atoms with Crippen LogP contribution >= 0.6 is 11.6 Å². The van der Waals surface area contributed by atoms with Crippen LogP contribution < -0.4 is 10.1 Å². The van der Waals surface area contributed by atoms with Gasteiger partial charge in [-0.25, -0.2) is 4.79 Å². The molecule has 1 aromatic carbocycles. The van der Waals surface area contributed by atoms with E-state index in [-0.39, 0.29) is 30.8 Å². The number of carbonyl (C=O) groups excluding carboxylic acids is 2. The molecule has 0 bridgehead atoms. The zero-order valence-corrected chi connectivity index (χ0v) is 17.8. The maximum absolute atomic E-state index is 13.6. The van der Waals surface area contributed by atoms with Gasteiger partial charge in [0.2, 0.25) is 5.91 Å². The van der Waals surface area contributed by atoms with E-state index in [2.05, 4.69) is 10.4 Å². The molecule has 0 unspecified atom stereocenters. The maximum atomic E-state index is 13.6. The molecule has 0 aliphatic carbocycles. The van der Waals surface area contributed by atoms with Gasteiger partial charge in [-0.3, -0.25) is 9.48 Å². The SMILES string of the molecule is COc1ccc(Cl)cc1NC(=O)Cn1nc(C(F)(F)F)c2c1CCN(C(=O)N(C)C)C2. The van der Waals surface area contributed by atoms with Crippen molar-refractivity contribution in [2.75, 3.05) is 33.1 Å². The minimum absolute atomic E-state index is 0.0953. The number of carbonyl (C=O) groups is 2. The molecule has 12 heteroatoms. The van der Waals surface area contributed by atoms with Gasteiger partial charge in [0.05, 0.1) is 19.3 Å². The first kappa shape index (κ1) is 22.7. The van der Waals surface area contributed by atoms with Crippen LogP contribution in [0.25, 0.3) is 0 Å². The summed E-state index contributed by atoms with van der Waals surface area (Å²) in [5.41, 5.74) is -0.614. The Kier molecular flexibility index (Phi) is 6.35. The van der Waals surface area contributed by atoms with E-state index in [1.807, 2.05) is 0 Å². The van der Waals surface area contributed by atoms with Gasteiger partial charge in [-0.1, -0.05) is 11.6 Å². The molecule has 1 aliphatic heterocycles. The highest BCUT2D eigenvalue weighted by atomic mass is 35.5. The predicted molar refractivity (Wildman–Crippen MR) is 107 cm³/mol. The Morgan fingerprint density at radius 1 is 1.32 bits per heavy atom. The molecular weight excluding hydrogens is 439 g/mol. The number of nitrogens with zero attached hydrogens (tertiary/aromatic N) is 4. The zero-order chi connectivity index (χ0) is 22.9. The van der Waals surface area contributed by atoms with Gasteiger partial charge in [-0.2, -0.15) is 18.3 Å². The largest absolute Gasteiger partial charge is 0.495 e. The molecule has 0 atom stereocenters. The summed E-state index contributed by atoms with van der Waals surface area (Å²) in [5.74, 6) is -0.236. The van der Waals surface area contributed by atoms with Crippen molar-refractivity contribution >= 4 is 29.2 Å². The molecule has 0 fully saturated rings. The Balaban J connectivity index is 1.87. The predicted octanol–water partition coefficient (Wildman–Crippen LogP) is 3.24. The minimum Gasteiger partial charge on any atom is -0.495 e. The average molecular weight is 460 g/mol. The number of halogens is 4. The van der Waals surface area contributed by atoms with Gasteiger partial charge < -0.3 is 19.9 Å². The van der Waals surface area contributed by atoms with Crippen LogP contribution in [0.4, 0.5) is 23.7 Å². The smallest absolute Gasteiger partial charge is 0.435 e. The Hall–Kier alpha value is -2.95. The summed E-state index contributed by atoms with van der Waals surface area (Å²) in [6.07, 6.45) is -4.57. The van der Waals surface area contributed by atoms with Gasteiger partial charge in [-0.15, -0.1) is 0 Å². The molecular formula is C19H21ClF3N5O3. The Morgan fingerprint density at radius 2 is 2.03 bits per heavy atom. The van der Waals surface area contributed by atoms with Gasteiger partial charge >= 0.3 is 12.2 Å². The van der Waals surface area contributed by atoms with Crippen molar-refractivity contribution in [1.82, 2.24) is 19.6 Å². The normalized spacial score (nSPS) is 13.6. The molecule has 0 saturated carbocycles. The number of methoxy groups -OCH3 is 1. The summed E-state index contributed by atoms with van der Waals surface area (Å²) < 4.78 is 46.9. The number of hydrogen-bond acceptors (Lipinski definition) is 4. The fourth-order valence-electron chi connectivity index (χ4n) is 3.40. The number of aromatic nitrogens is 2. The van der Waals surface area contributed by atoms with Gasteiger partial charge in [0.15, 0.2) is 5.69 Å². The maximum Gasteiger partial charge on any atom is 0.435 e. The van der Waals surface area contributed by atoms with Crippen molar-refractivity contribution in [3.63, 3.8) is 0 Å². The molecule has 168 valence electrons. The molecule has 31 heavy (non-hydrogen) atoms.